The number of rotatable bonds is 8. The summed E-state index contributed by atoms with van der Waals surface area (Å²) >= 11 is 1.67. The summed E-state index contributed by atoms with van der Waals surface area (Å²) in [6.07, 6.45) is 4.30. The third-order valence-electron chi connectivity index (χ3n) is 2.81. The van der Waals surface area contributed by atoms with Crippen LogP contribution in [0.4, 0.5) is 5.13 Å². The molecule has 1 aromatic rings. The smallest absolute Gasteiger partial charge is 0.182 e. The standard InChI is InChI=1S/C12H23N3S/c1-4-15(5-2)9-6-7-11(3)14-12-13-8-10-16-12/h8,10-11H,4-7,9H2,1-3H3,(H,13,14). The Hall–Kier alpha value is -0.610. The maximum Gasteiger partial charge on any atom is 0.182 e. The number of hydrogen-bond acceptors (Lipinski definition) is 4. The maximum absolute atomic E-state index is 4.23. The van der Waals surface area contributed by atoms with Gasteiger partial charge in [0.05, 0.1) is 0 Å². The molecule has 92 valence electrons. The quantitative estimate of drug-likeness (QED) is 0.758. The highest BCUT2D eigenvalue weighted by Gasteiger charge is 2.05. The van der Waals surface area contributed by atoms with Gasteiger partial charge in [-0.05, 0) is 39.4 Å². The molecule has 0 spiro atoms. The van der Waals surface area contributed by atoms with Crippen molar-refractivity contribution in [2.24, 2.45) is 0 Å². The number of nitrogens with one attached hydrogen (secondary N) is 1. The van der Waals surface area contributed by atoms with Crippen LogP contribution in [-0.4, -0.2) is 35.6 Å². The third kappa shape index (κ3) is 4.94. The van der Waals surface area contributed by atoms with E-state index in [2.05, 4.69) is 36.0 Å². The number of hydrogen-bond donors (Lipinski definition) is 1. The summed E-state index contributed by atoms with van der Waals surface area (Å²) in [5.74, 6) is 0. The lowest BCUT2D eigenvalue weighted by Crippen LogP contribution is -2.25. The fraction of sp³-hybridized carbons (Fsp3) is 0.750. The Labute approximate surface area is 103 Å². The SMILES string of the molecule is CCN(CC)CCCC(C)Nc1nccs1. The molecule has 0 fully saturated rings. The summed E-state index contributed by atoms with van der Waals surface area (Å²) in [5, 5.41) is 6.46. The van der Waals surface area contributed by atoms with Crippen LogP contribution in [0.1, 0.15) is 33.6 Å². The molecule has 1 atom stereocenters. The van der Waals surface area contributed by atoms with E-state index in [0.29, 0.717) is 6.04 Å². The van der Waals surface area contributed by atoms with Crippen molar-refractivity contribution in [3.05, 3.63) is 11.6 Å². The lowest BCUT2D eigenvalue weighted by atomic mass is 10.2. The maximum atomic E-state index is 4.23. The summed E-state index contributed by atoms with van der Waals surface area (Å²) in [5.41, 5.74) is 0. The molecule has 16 heavy (non-hydrogen) atoms. The van der Waals surface area contributed by atoms with E-state index in [-0.39, 0.29) is 0 Å². The average Bonchev–Trinajstić information content (AvgIpc) is 2.77. The molecule has 0 aliphatic carbocycles. The van der Waals surface area contributed by atoms with Gasteiger partial charge in [-0.2, -0.15) is 0 Å². The van der Waals surface area contributed by atoms with Gasteiger partial charge < -0.3 is 10.2 Å². The van der Waals surface area contributed by atoms with E-state index < -0.39 is 0 Å². The lowest BCUT2D eigenvalue weighted by Gasteiger charge is -2.19. The molecule has 0 aliphatic heterocycles. The Balaban J connectivity index is 2.13. The molecule has 4 heteroatoms. The Morgan fingerprint density at radius 2 is 2.19 bits per heavy atom. The Bertz CT molecular complexity index is 257. The third-order valence-corrected chi connectivity index (χ3v) is 3.51. The zero-order valence-electron chi connectivity index (χ0n) is 10.6. The monoisotopic (exact) mass is 241 g/mol. The predicted octanol–water partition coefficient (Wildman–Crippen LogP) is 3.07. The van der Waals surface area contributed by atoms with Gasteiger partial charge in [0.1, 0.15) is 0 Å². The molecule has 0 aromatic carbocycles. The minimum Gasteiger partial charge on any atom is -0.359 e. The van der Waals surface area contributed by atoms with Gasteiger partial charge in [0.25, 0.3) is 0 Å². The normalized spacial score (nSPS) is 13.0. The van der Waals surface area contributed by atoms with Crippen LogP contribution >= 0.6 is 11.3 Å². The van der Waals surface area contributed by atoms with Gasteiger partial charge in [0, 0.05) is 17.6 Å². The Kier molecular flexibility index (Phi) is 6.42. The summed E-state index contributed by atoms with van der Waals surface area (Å²) in [6, 6.07) is 0.515. The Morgan fingerprint density at radius 3 is 2.75 bits per heavy atom. The van der Waals surface area contributed by atoms with E-state index in [1.165, 1.54) is 19.4 Å². The molecule has 0 aliphatic rings. The fourth-order valence-electron chi connectivity index (χ4n) is 1.74. The van der Waals surface area contributed by atoms with E-state index in [0.717, 1.165) is 18.2 Å². The van der Waals surface area contributed by atoms with E-state index >= 15 is 0 Å². The number of anilines is 1. The molecule has 1 unspecified atom stereocenters. The minimum absolute atomic E-state index is 0.515. The molecular formula is C12H23N3S. The van der Waals surface area contributed by atoms with E-state index in [9.17, 15) is 0 Å². The lowest BCUT2D eigenvalue weighted by molar-refractivity contribution is 0.295. The molecule has 0 saturated heterocycles. The van der Waals surface area contributed by atoms with Gasteiger partial charge in [-0.1, -0.05) is 13.8 Å². The zero-order chi connectivity index (χ0) is 11.8. The van der Waals surface area contributed by atoms with Crippen LogP contribution in [0.25, 0.3) is 0 Å². The van der Waals surface area contributed by atoms with Crippen molar-refractivity contribution in [2.75, 3.05) is 25.0 Å². The van der Waals surface area contributed by atoms with Gasteiger partial charge in [-0.25, -0.2) is 4.98 Å². The van der Waals surface area contributed by atoms with Crippen molar-refractivity contribution in [1.82, 2.24) is 9.88 Å². The van der Waals surface area contributed by atoms with Crippen LogP contribution in [0.15, 0.2) is 11.6 Å². The molecule has 3 nitrogen and oxygen atoms in total. The molecule has 1 heterocycles. The highest BCUT2D eigenvalue weighted by molar-refractivity contribution is 7.13. The summed E-state index contributed by atoms with van der Waals surface area (Å²) in [6.45, 7) is 10.2. The predicted molar refractivity (Wildman–Crippen MR) is 72.2 cm³/mol. The molecule has 1 aromatic heterocycles. The van der Waals surface area contributed by atoms with Crippen LogP contribution < -0.4 is 5.32 Å². The summed E-state index contributed by atoms with van der Waals surface area (Å²) < 4.78 is 0. The van der Waals surface area contributed by atoms with Crippen molar-refractivity contribution < 1.29 is 0 Å². The average molecular weight is 241 g/mol. The first kappa shape index (κ1) is 13.5. The molecule has 1 N–H and O–H groups in total. The second-order valence-corrected chi connectivity index (χ2v) is 4.95. The highest BCUT2D eigenvalue weighted by atomic mass is 32.1. The second-order valence-electron chi connectivity index (χ2n) is 4.05. The van der Waals surface area contributed by atoms with Gasteiger partial charge >= 0.3 is 0 Å². The molecule has 1 rings (SSSR count). The second kappa shape index (κ2) is 7.63. The molecule has 0 radical (unpaired) electrons. The van der Waals surface area contributed by atoms with E-state index in [1.807, 2.05) is 11.6 Å². The first-order valence-electron chi connectivity index (χ1n) is 6.14. The van der Waals surface area contributed by atoms with Crippen molar-refractivity contribution in [3.8, 4) is 0 Å². The van der Waals surface area contributed by atoms with Gasteiger partial charge in [0.2, 0.25) is 0 Å². The Morgan fingerprint density at radius 1 is 1.44 bits per heavy atom. The van der Waals surface area contributed by atoms with Crippen LogP contribution in [0.2, 0.25) is 0 Å². The fourth-order valence-corrected chi connectivity index (χ4v) is 2.38. The van der Waals surface area contributed by atoms with Crippen LogP contribution in [-0.2, 0) is 0 Å². The number of nitrogens with zero attached hydrogens (tertiary/aromatic N) is 2. The molecule has 0 amide bonds. The number of aromatic nitrogens is 1. The first-order valence-corrected chi connectivity index (χ1v) is 7.02. The van der Waals surface area contributed by atoms with Crippen molar-refractivity contribution in [2.45, 2.75) is 39.7 Å². The van der Waals surface area contributed by atoms with E-state index in [4.69, 9.17) is 0 Å². The van der Waals surface area contributed by atoms with Gasteiger partial charge in [-0.15, -0.1) is 11.3 Å². The minimum atomic E-state index is 0.515. The highest BCUT2D eigenvalue weighted by Crippen LogP contribution is 2.13. The zero-order valence-corrected chi connectivity index (χ0v) is 11.4. The van der Waals surface area contributed by atoms with Crippen LogP contribution in [0, 0.1) is 0 Å². The topological polar surface area (TPSA) is 28.2 Å². The summed E-state index contributed by atoms with van der Waals surface area (Å²) in [4.78, 5) is 6.70. The van der Waals surface area contributed by atoms with Gasteiger partial charge in [-0.3, -0.25) is 0 Å². The first-order chi connectivity index (χ1) is 7.76. The summed E-state index contributed by atoms with van der Waals surface area (Å²) in [7, 11) is 0. The number of thiazole rings is 1. The molecular weight excluding hydrogens is 218 g/mol. The van der Waals surface area contributed by atoms with Crippen molar-refractivity contribution in [3.63, 3.8) is 0 Å². The van der Waals surface area contributed by atoms with Crippen LogP contribution in [0.5, 0.6) is 0 Å². The van der Waals surface area contributed by atoms with Crippen molar-refractivity contribution in [1.29, 1.82) is 0 Å². The van der Waals surface area contributed by atoms with Crippen molar-refractivity contribution >= 4 is 16.5 Å². The molecule has 0 bridgehead atoms. The van der Waals surface area contributed by atoms with Gasteiger partial charge in [0.15, 0.2) is 5.13 Å². The van der Waals surface area contributed by atoms with E-state index in [1.54, 1.807) is 11.3 Å². The largest absolute Gasteiger partial charge is 0.359 e. The van der Waals surface area contributed by atoms with Crippen LogP contribution in [0.3, 0.4) is 0 Å². The molecule has 0 saturated carbocycles.